The number of hydrogen-bond donors (Lipinski definition) is 2. The van der Waals surface area contributed by atoms with Gasteiger partial charge in [-0.05, 0) is 18.6 Å². The summed E-state index contributed by atoms with van der Waals surface area (Å²) in [5.74, 6) is 0.515. The van der Waals surface area contributed by atoms with Crippen molar-refractivity contribution in [2.75, 3.05) is 6.61 Å². The molecule has 2 N–H and O–H groups in total. The fourth-order valence-corrected chi connectivity index (χ4v) is 1.31. The molecule has 1 rings (SSSR count). The number of para-hydroxylation sites is 1. The Bertz CT molecular complexity index is 304. The van der Waals surface area contributed by atoms with Crippen LogP contribution in [0.5, 0.6) is 5.75 Å². The van der Waals surface area contributed by atoms with Gasteiger partial charge in [-0.25, -0.2) is 0 Å². The van der Waals surface area contributed by atoms with Crippen molar-refractivity contribution in [3.8, 4) is 5.75 Å². The van der Waals surface area contributed by atoms with Crippen LogP contribution in [0.25, 0.3) is 0 Å². The molecule has 2 unspecified atom stereocenters. The van der Waals surface area contributed by atoms with Gasteiger partial charge in [0, 0.05) is 0 Å². The Labute approximate surface area is 94.3 Å². The Kier molecular flexibility index (Phi) is 4.88. The molecule has 0 spiro atoms. The van der Waals surface area contributed by atoms with Crippen LogP contribution in [0.2, 0.25) is 5.02 Å². The van der Waals surface area contributed by atoms with Crippen molar-refractivity contribution in [2.45, 2.75) is 25.6 Å². The summed E-state index contributed by atoms with van der Waals surface area (Å²) in [6.07, 6.45) is -1.15. The lowest BCUT2D eigenvalue weighted by atomic mass is 10.2. The van der Waals surface area contributed by atoms with E-state index in [0.29, 0.717) is 17.2 Å². The minimum Gasteiger partial charge on any atom is -0.489 e. The molecule has 0 saturated heterocycles. The summed E-state index contributed by atoms with van der Waals surface area (Å²) in [7, 11) is 0. The van der Waals surface area contributed by atoms with Crippen LogP contribution in [0, 0.1) is 0 Å². The standard InChI is InChI=1S/C11H15ClO3/c1-2-9(13)10(14)7-15-11-6-4-3-5-8(11)12/h3-6,9-10,13-14H,2,7H2,1H3. The summed E-state index contributed by atoms with van der Waals surface area (Å²) in [6, 6.07) is 7.02. The lowest BCUT2D eigenvalue weighted by Crippen LogP contribution is -2.31. The second-order valence-electron chi connectivity index (χ2n) is 3.28. The minimum atomic E-state index is -0.883. The van der Waals surface area contributed by atoms with E-state index in [1.807, 2.05) is 0 Å². The second-order valence-corrected chi connectivity index (χ2v) is 3.69. The lowest BCUT2D eigenvalue weighted by molar-refractivity contribution is -0.00904. The predicted molar refractivity (Wildman–Crippen MR) is 59.3 cm³/mol. The number of hydrogen-bond acceptors (Lipinski definition) is 3. The molecule has 1 aromatic rings. The van der Waals surface area contributed by atoms with E-state index in [-0.39, 0.29) is 6.61 Å². The molecule has 4 heteroatoms. The van der Waals surface area contributed by atoms with Gasteiger partial charge >= 0.3 is 0 Å². The average molecular weight is 231 g/mol. The van der Waals surface area contributed by atoms with Gasteiger partial charge in [0.2, 0.25) is 0 Å². The molecule has 1 aromatic carbocycles. The molecule has 0 bridgehead atoms. The average Bonchev–Trinajstić information content (AvgIpc) is 2.26. The number of aliphatic hydroxyl groups is 2. The highest BCUT2D eigenvalue weighted by molar-refractivity contribution is 6.32. The Morgan fingerprint density at radius 3 is 2.53 bits per heavy atom. The van der Waals surface area contributed by atoms with Crippen LogP contribution < -0.4 is 4.74 Å². The van der Waals surface area contributed by atoms with Crippen LogP contribution in [-0.4, -0.2) is 29.0 Å². The first-order chi connectivity index (χ1) is 7.15. The second kappa shape index (κ2) is 5.95. The fraction of sp³-hybridized carbons (Fsp3) is 0.455. The van der Waals surface area contributed by atoms with Gasteiger partial charge in [0.15, 0.2) is 0 Å². The number of ether oxygens (including phenoxy) is 1. The summed E-state index contributed by atoms with van der Waals surface area (Å²) in [5, 5.41) is 19.3. The van der Waals surface area contributed by atoms with E-state index in [1.54, 1.807) is 31.2 Å². The first-order valence-corrected chi connectivity index (χ1v) is 5.26. The number of benzene rings is 1. The third-order valence-corrected chi connectivity index (χ3v) is 2.42. The van der Waals surface area contributed by atoms with Crippen molar-refractivity contribution >= 4 is 11.6 Å². The molecule has 0 fully saturated rings. The normalized spacial score (nSPS) is 14.7. The third kappa shape index (κ3) is 3.70. The highest BCUT2D eigenvalue weighted by Crippen LogP contribution is 2.23. The summed E-state index contributed by atoms with van der Waals surface area (Å²) in [4.78, 5) is 0. The molecule has 0 amide bonds. The Morgan fingerprint density at radius 1 is 1.27 bits per heavy atom. The molecule has 15 heavy (non-hydrogen) atoms. The molecule has 84 valence electrons. The zero-order valence-corrected chi connectivity index (χ0v) is 9.31. The van der Waals surface area contributed by atoms with Crippen LogP contribution in [0.15, 0.2) is 24.3 Å². The number of halogens is 1. The Morgan fingerprint density at radius 2 is 1.93 bits per heavy atom. The van der Waals surface area contributed by atoms with Crippen LogP contribution in [0.3, 0.4) is 0 Å². The molecule has 0 aliphatic heterocycles. The van der Waals surface area contributed by atoms with Crippen molar-refractivity contribution in [1.29, 1.82) is 0 Å². The summed E-state index contributed by atoms with van der Waals surface area (Å²) in [5.41, 5.74) is 0. The maximum atomic E-state index is 9.45. The predicted octanol–water partition coefficient (Wildman–Crippen LogP) is 1.85. The number of aliphatic hydroxyl groups excluding tert-OH is 2. The molecule has 0 aliphatic rings. The van der Waals surface area contributed by atoms with Gasteiger partial charge in [-0.2, -0.15) is 0 Å². The van der Waals surface area contributed by atoms with Gasteiger partial charge in [-0.1, -0.05) is 30.7 Å². The minimum absolute atomic E-state index is 0.0404. The molecule has 0 aromatic heterocycles. The highest BCUT2D eigenvalue weighted by atomic mass is 35.5. The highest BCUT2D eigenvalue weighted by Gasteiger charge is 2.15. The quantitative estimate of drug-likeness (QED) is 0.812. The first kappa shape index (κ1) is 12.3. The third-order valence-electron chi connectivity index (χ3n) is 2.11. The maximum Gasteiger partial charge on any atom is 0.138 e. The largest absolute Gasteiger partial charge is 0.489 e. The fourth-order valence-electron chi connectivity index (χ4n) is 1.12. The molecule has 0 radical (unpaired) electrons. The Hall–Kier alpha value is -0.770. The zero-order chi connectivity index (χ0) is 11.3. The monoisotopic (exact) mass is 230 g/mol. The summed E-state index contributed by atoms with van der Waals surface area (Å²) in [6.45, 7) is 1.84. The SMILES string of the molecule is CCC(O)C(O)COc1ccccc1Cl. The Balaban J connectivity index is 2.47. The van der Waals surface area contributed by atoms with Crippen molar-refractivity contribution < 1.29 is 14.9 Å². The van der Waals surface area contributed by atoms with E-state index >= 15 is 0 Å². The zero-order valence-electron chi connectivity index (χ0n) is 8.56. The first-order valence-electron chi connectivity index (χ1n) is 4.88. The van der Waals surface area contributed by atoms with Crippen molar-refractivity contribution in [2.24, 2.45) is 0 Å². The molecule has 3 nitrogen and oxygen atoms in total. The van der Waals surface area contributed by atoms with E-state index in [0.717, 1.165) is 0 Å². The van der Waals surface area contributed by atoms with E-state index in [2.05, 4.69) is 0 Å². The van der Waals surface area contributed by atoms with Crippen molar-refractivity contribution in [1.82, 2.24) is 0 Å². The van der Waals surface area contributed by atoms with Gasteiger partial charge in [0.25, 0.3) is 0 Å². The van der Waals surface area contributed by atoms with Crippen molar-refractivity contribution in [3.63, 3.8) is 0 Å². The van der Waals surface area contributed by atoms with Crippen LogP contribution in [0.1, 0.15) is 13.3 Å². The van der Waals surface area contributed by atoms with Crippen LogP contribution >= 0.6 is 11.6 Å². The van der Waals surface area contributed by atoms with Crippen LogP contribution in [0.4, 0.5) is 0 Å². The topological polar surface area (TPSA) is 49.7 Å². The smallest absolute Gasteiger partial charge is 0.138 e. The van der Waals surface area contributed by atoms with Crippen LogP contribution in [-0.2, 0) is 0 Å². The summed E-state index contributed by atoms with van der Waals surface area (Å²) >= 11 is 5.85. The maximum absolute atomic E-state index is 9.45. The van der Waals surface area contributed by atoms with Gasteiger partial charge in [0.05, 0.1) is 11.1 Å². The van der Waals surface area contributed by atoms with Gasteiger partial charge in [0.1, 0.15) is 18.5 Å². The molecular weight excluding hydrogens is 216 g/mol. The van der Waals surface area contributed by atoms with Gasteiger partial charge in [-0.3, -0.25) is 0 Å². The van der Waals surface area contributed by atoms with Gasteiger partial charge < -0.3 is 14.9 Å². The molecule has 0 saturated carbocycles. The molecule has 0 aliphatic carbocycles. The van der Waals surface area contributed by atoms with E-state index in [1.165, 1.54) is 0 Å². The molecular formula is C11H15ClO3. The van der Waals surface area contributed by atoms with Gasteiger partial charge in [-0.15, -0.1) is 0 Å². The van der Waals surface area contributed by atoms with Crippen molar-refractivity contribution in [3.05, 3.63) is 29.3 Å². The number of rotatable bonds is 5. The van der Waals surface area contributed by atoms with E-state index in [4.69, 9.17) is 16.3 Å². The molecule has 0 heterocycles. The molecule has 2 atom stereocenters. The summed E-state index contributed by atoms with van der Waals surface area (Å²) < 4.78 is 5.28. The lowest BCUT2D eigenvalue weighted by Gasteiger charge is -2.17. The van der Waals surface area contributed by atoms with E-state index < -0.39 is 12.2 Å². The van der Waals surface area contributed by atoms with E-state index in [9.17, 15) is 10.2 Å².